The maximum atomic E-state index is 13.3. The minimum Gasteiger partial charge on any atom is -0.488 e. The number of hydrogen-bond acceptors (Lipinski definition) is 8. The maximum Gasteiger partial charge on any atom is 0.406 e. The Bertz CT molecular complexity index is 971. The number of likely N-dealkylation sites (N-methyl/N-ethyl adjacent to an activating group) is 1. The van der Waals surface area contributed by atoms with Gasteiger partial charge in [-0.15, -0.1) is 0 Å². The molecule has 10 heteroatoms. The van der Waals surface area contributed by atoms with Crippen LogP contribution in [0.15, 0.2) is 35.6 Å². The molecule has 2 heterocycles. The van der Waals surface area contributed by atoms with Crippen molar-refractivity contribution in [2.45, 2.75) is 25.1 Å². The van der Waals surface area contributed by atoms with Gasteiger partial charge < -0.3 is 24.6 Å². The lowest BCUT2D eigenvalue weighted by Crippen LogP contribution is -2.38. The highest BCUT2D eigenvalue weighted by molar-refractivity contribution is 7.98. The van der Waals surface area contributed by atoms with Crippen molar-refractivity contribution in [1.82, 2.24) is 15.3 Å². The Hall–Kier alpha value is -3.01. The molecule has 9 nitrogen and oxygen atoms in total. The number of benzene rings is 1. The summed E-state index contributed by atoms with van der Waals surface area (Å²) in [7, 11) is 3.25. The van der Waals surface area contributed by atoms with Crippen LogP contribution in [0.25, 0.3) is 0 Å². The third-order valence-electron chi connectivity index (χ3n) is 5.22. The second-order valence-electron chi connectivity index (χ2n) is 7.74. The molecule has 1 N–H and O–H groups in total. The van der Waals surface area contributed by atoms with Crippen molar-refractivity contribution >= 4 is 35.3 Å². The van der Waals surface area contributed by atoms with E-state index in [1.54, 1.807) is 11.1 Å². The molecule has 1 aromatic carbocycles. The fraction of sp³-hybridized carbons (Fsp3) is 0.455. The molecule has 0 saturated carbocycles. The lowest BCUT2D eigenvalue weighted by atomic mass is 10.1. The highest BCUT2D eigenvalue weighted by Gasteiger charge is 2.28. The molecule has 0 bridgehead atoms. The van der Waals surface area contributed by atoms with Crippen LogP contribution in [0.3, 0.4) is 0 Å². The van der Waals surface area contributed by atoms with Crippen LogP contribution in [0.2, 0.25) is 0 Å². The largest absolute Gasteiger partial charge is 0.488 e. The topological polar surface area (TPSA) is 96.9 Å². The lowest BCUT2D eigenvalue weighted by Gasteiger charge is -2.25. The van der Waals surface area contributed by atoms with Crippen LogP contribution in [0, 0.1) is 5.92 Å². The smallest absolute Gasteiger partial charge is 0.406 e. The second kappa shape index (κ2) is 10.5. The van der Waals surface area contributed by atoms with Crippen LogP contribution in [-0.4, -0.2) is 68.1 Å². The summed E-state index contributed by atoms with van der Waals surface area (Å²) in [4.78, 5) is 37.3. The normalized spacial score (nSPS) is 14.6. The molecule has 1 aliphatic rings. The highest BCUT2D eigenvalue weighted by atomic mass is 32.2. The van der Waals surface area contributed by atoms with Gasteiger partial charge in [0, 0.05) is 38.1 Å². The number of anilines is 2. The number of rotatable bonds is 7. The fourth-order valence-corrected chi connectivity index (χ4v) is 3.65. The molecule has 0 saturated heterocycles. The first-order valence-electron chi connectivity index (χ1n) is 10.4. The van der Waals surface area contributed by atoms with Gasteiger partial charge in [-0.05, 0) is 24.3 Å². The summed E-state index contributed by atoms with van der Waals surface area (Å²) in [5.41, 5.74) is 1.20. The van der Waals surface area contributed by atoms with Crippen molar-refractivity contribution in [3.05, 3.63) is 36.0 Å². The molecule has 32 heavy (non-hydrogen) atoms. The Kier molecular flexibility index (Phi) is 7.79. The zero-order chi connectivity index (χ0) is 23.3. The molecular weight excluding hydrogens is 430 g/mol. The second-order valence-corrected chi connectivity index (χ2v) is 8.52. The molecule has 2 aromatic rings. The molecule has 2 amide bonds. The Balaban J connectivity index is 1.83. The van der Waals surface area contributed by atoms with Gasteiger partial charge in [0.15, 0.2) is 5.16 Å². The summed E-state index contributed by atoms with van der Waals surface area (Å²) in [5.74, 6) is 1.26. The monoisotopic (exact) mass is 459 g/mol. The van der Waals surface area contributed by atoms with E-state index in [-0.39, 0.29) is 17.9 Å². The molecule has 0 fully saturated rings. The van der Waals surface area contributed by atoms with Crippen molar-refractivity contribution in [2.75, 3.05) is 49.8 Å². The van der Waals surface area contributed by atoms with Gasteiger partial charge in [0.25, 0.3) is 5.91 Å². The number of methoxy groups -OCH3 is 1. The number of aromatic nitrogens is 2. The summed E-state index contributed by atoms with van der Waals surface area (Å²) in [5, 5.41) is 3.31. The van der Waals surface area contributed by atoms with E-state index in [2.05, 4.69) is 20.0 Å². The van der Waals surface area contributed by atoms with Crippen molar-refractivity contribution in [3.8, 4) is 5.75 Å². The van der Waals surface area contributed by atoms with Crippen LogP contribution in [0.1, 0.15) is 24.2 Å². The number of nitrogens with one attached hydrogen (secondary N) is 1. The predicted octanol–water partition coefficient (Wildman–Crippen LogP) is 3.05. The van der Waals surface area contributed by atoms with E-state index in [1.807, 2.05) is 56.3 Å². The van der Waals surface area contributed by atoms with E-state index in [9.17, 15) is 9.59 Å². The zero-order valence-electron chi connectivity index (χ0n) is 19.0. The number of ether oxygens (including phenoxy) is 2. The summed E-state index contributed by atoms with van der Waals surface area (Å²) >= 11 is 1.44. The van der Waals surface area contributed by atoms with Crippen molar-refractivity contribution in [2.24, 2.45) is 5.92 Å². The van der Waals surface area contributed by atoms with Crippen molar-refractivity contribution < 1.29 is 19.1 Å². The Morgan fingerprint density at radius 3 is 2.78 bits per heavy atom. The van der Waals surface area contributed by atoms with E-state index < -0.39 is 6.09 Å². The first-order chi connectivity index (χ1) is 15.3. The third-order valence-corrected chi connectivity index (χ3v) is 5.78. The van der Waals surface area contributed by atoms with E-state index in [1.165, 1.54) is 18.9 Å². The van der Waals surface area contributed by atoms with Gasteiger partial charge in [0.05, 0.1) is 13.7 Å². The Labute approximate surface area is 192 Å². The Morgan fingerprint density at radius 2 is 2.09 bits per heavy atom. The van der Waals surface area contributed by atoms with Crippen LogP contribution < -0.4 is 19.9 Å². The minimum atomic E-state index is -0.502. The van der Waals surface area contributed by atoms with Gasteiger partial charge in [0.1, 0.15) is 23.2 Å². The number of carbonyl (C=O) groups is 2. The average Bonchev–Trinajstić information content (AvgIpc) is 2.92. The fourth-order valence-electron chi connectivity index (χ4n) is 3.32. The summed E-state index contributed by atoms with van der Waals surface area (Å²) in [6, 6.07) is 7.41. The number of thioether (sulfide) groups is 1. The first kappa shape index (κ1) is 23.6. The third kappa shape index (κ3) is 5.42. The van der Waals surface area contributed by atoms with Gasteiger partial charge in [0.2, 0.25) is 0 Å². The van der Waals surface area contributed by atoms with E-state index in [0.717, 1.165) is 5.69 Å². The van der Waals surface area contributed by atoms with Gasteiger partial charge in [-0.2, -0.15) is 0 Å². The molecule has 1 unspecified atom stereocenters. The molecule has 3 rings (SSSR count). The minimum absolute atomic E-state index is 0.151. The van der Waals surface area contributed by atoms with E-state index in [4.69, 9.17) is 4.74 Å². The van der Waals surface area contributed by atoms with Crippen LogP contribution in [0.5, 0.6) is 5.75 Å². The summed E-state index contributed by atoms with van der Waals surface area (Å²) in [6.07, 6.45) is 2.74. The molecule has 0 aliphatic carbocycles. The molecule has 0 spiro atoms. The molecule has 1 aromatic heterocycles. The van der Waals surface area contributed by atoms with E-state index in [0.29, 0.717) is 41.9 Å². The summed E-state index contributed by atoms with van der Waals surface area (Å²) < 4.78 is 10.8. The molecule has 172 valence electrons. The number of nitrogens with zero attached hydrogens (tertiary/aromatic N) is 4. The van der Waals surface area contributed by atoms with Gasteiger partial charge in [-0.25, -0.2) is 14.8 Å². The van der Waals surface area contributed by atoms with Gasteiger partial charge in [-0.1, -0.05) is 31.7 Å². The van der Waals surface area contributed by atoms with Crippen LogP contribution in [0.4, 0.5) is 16.3 Å². The van der Waals surface area contributed by atoms with Crippen LogP contribution in [-0.2, 0) is 4.74 Å². The van der Waals surface area contributed by atoms with Crippen molar-refractivity contribution in [3.63, 3.8) is 0 Å². The zero-order valence-corrected chi connectivity index (χ0v) is 19.8. The lowest BCUT2D eigenvalue weighted by molar-refractivity contribution is 0.0989. The number of alkyl carbamates (subject to hydrolysis) is 1. The van der Waals surface area contributed by atoms with Gasteiger partial charge in [-0.3, -0.25) is 4.79 Å². The molecular formula is C22H29N5O4S. The quantitative estimate of drug-likeness (QED) is 0.499. The predicted molar refractivity (Wildman–Crippen MR) is 125 cm³/mol. The van der Waals surface area contributed by atoms with Crippen LogP contribution >= 0.6 is 11.8 Å². The number of carbonyl (C=O) groups excluding carboxylic acids is 2. The maximum absolute atomic E-state index is 13.3. The SMILES string of the molecule is COC(=O)NCC(Oc1cccc(N2CCN(C)c3nc(SC)ncc3C2=O)c1)C(C)C. The number of fused-ring (bicyclic) bond motifs is 1. The van der Waals surface area contributed by atoms with E-state index >= 15 is 0 Å². The molecule has 0 radical (unpaired) electrons. The first-order valence-corrected chi connectivity index (χ1v) is 11.6. The summed E-state index contributed by atoms with van der Waals surface area (Å²) in [6.45, 7) is 5.47. The number of amides is 2. The number of hydrogen-bond donors (Lipinski definition) is 1. The molecule has 1 atom stereocenters. The molecule has 1 aliphatic heterocycles. The van der Waals surface area contributed by atoms with Crippen molar-refractivity contribution in [1.29, 1.82) is 0 Å². The van der Waals surface area contributed by atoms with Gasteiger partial charge >= 0.3 is 6.09 Å². The Morgan fingerprint density at radius 1 is 1.31 bits per heavy atom. The standard InChI is InChI=1S/C22H29N5O4S/c1-14(2)18(13-24-22(29)30-4)31-16-8-6-7-15(11-16)27-10-9-26(3)19-17(20(27)28)12-23-21(25-19)32-5/h6-8,11-12,14,18H,9-10,13H2,1-5H3,(H,24,29). The average molecular weight is 460 g/mol. The highest BCUT2D eigenvalue weighted by Crippen LogP contribution is 2.29.